The van der Waals surface area contributed by atoms with Gasteiger partial charge in [0.1, 0.15) is 0 Å². The molecule has 0 bridgehead atoms. The summed E-state index contributed by atoms with van der Waals surface area (Å²) in [6, 6.07) is 22.0. The van der Waals surface area contributed by atoms with Gasteiger partial charge in [-0.1, -0.05) is 48.5 Å². The van der Waals surface area contributed by atoms with E-state index in [2.05, 4.69) is 19.1 Å². The molecule has 0 aliphatic heterocycles. The Kier molecular flexibility index (Phi) is 3.69. The minimum absolute atomic E-state index is 0.749. The van der Waals surface area contributed by atoms with Crippen LogP contribution in [0.15, 0.2) is 72.9 Å². The van der Waals surface area contributed by atoms with Crippen molar-refractivity contribution in [2.75, 3.05) is 0 Å². The monoisotopic (exact) mass is 275 g/mol. The van der Waals surface area contributed by atoms with E-state index in [-0.39, 0.29) is 0 Å². The second-order valence-corrected chi connectivity index (χ2v) is 5.18. The molecule has 1 aromatic heterocycles. The first kappa shape index (κ1) is 13.4. The molecule has 21 heavy (non-hydrogen) atoms. The third-order valence-electron chi connectivity index (χ3n) is 3.71. The molecule has 3 rings (SSSR count). The maximum absolute atomic E-state index is 12.3. The van der Waals surface area contributed by atoms with Crippen LogP contribution in [0, 0.1) is 12.1 Å². The Hall–Kier alpha value is -2.61. The molecule has 104 valence electrons. The van der Waals surface area contributed by atoms with Gasteiger partial charge in [0.25, 0.3) is 0 Å². The zero-order chi connectivity index (χ0) is 14.7. The SMILES string of the molecule is Cc1cc[n+]([O-])c(-c2ccccc2)c1Cc1ccccc1. The highest BCUT2D eigenvalue weighted by molar-refractivity contribution is 5.62. The fourth-order valence-electron chi connectivity index (χ4n) is 2.60. The lowest BCUT2D eigenvalue weighted by atomic mass is 9.96. The van der Waals surface area contributed by atoms with Crippen LogP contribution in [-0.4, -0.2) is 0 Å². The van der Waals surface area contributed by atoms with Crippen molar-refractivity contribution < 1.29 is 4.73 Å². The van der Waals surface area contributed by atoms with Gasteiger partial charge in [-0.3, -0.25) is 0 Å². The minimum Gasteiger partial charge on any atom is -0.618 e. The van der Waals surface area contributed by atoms with Crippen molar-refractivity contribution in [3.05, 3.63) is 94.8 Å². The molecule has 0 spiro atoms. The van der Waals surface area contributed by atoms with Crippen LogP contribution in [0.5, 0.6) is 0 Å². The number of pyridine rings is 1. The summed E-state index contributed by atoms with van der Waals surface area (Å²) in [5.74, 6) is 0. The first-order chi connectivity index (χ1) is 10.3. The van der Waals surface area contributed by atoms with Gasteiger partial charge in [-0.25, -0.2) is 0 Å². The molecular formula is C19H17NO. The number of benzene rings is 2. The van der Waals surface area contributed by atoms with Crippen molar-refractivity contribution in [2.45, 2.75) is 13.3 Å². The van der Waals surface area contributed by atoms with E-state index in [1.807, 2.05) is 54.6 Å². The molecule has 3 aromatic rings. The molecule has 0 atom stereocenters. The average Bonchev–Trinajstić information content (AvgIpc) is 2.53. The largest absolute Gasteiger partial charge is 0.618 e. The predicted molar refractivity (Wildman–Crippen MR) is 84.8 cm³/mol. The van der Waals surface area contributed by atoms with Crippen LogP contribution in [0.2, 0.25) is 0 Å². The van der Waals surface area contributed by atoms with E-state index in [4.69, 9.17) is 0 Å². The van der Waals surface area contributed by atoms with Crippen LogP contribution in [0.4, 0.5) is 0 Å². The maximum atomic E-state index is 12.3. The fourth-order valence-corrected chi connectivity index (χ4v) is 2.60. The van der Waals surface area contributed by atoms with E-state index in [1.165, 1.54) is 5.56 Å². The molecular weight excluding hydrogens is 258 g/mol. The summed E-state index contributed by atoms with van der Waals surface area (Å²) in [5.41, 5.74) is 5.15. The van der Waals surface area contributed by atoms with Crippen molar-refractivity contribution in [3.63, 3.8) is 0 Å². The van der Waals surface area contributed by atoms with Gasteiger partial charge in [-0.15, -0.1) is 0 Å². The summed E-state index contributed by atoms with van der Waals surface area (Å²) in [6.45, 7) is 2.06. The third kappa shape index (κ3) is 2.79. The Morgan fingerprint density at radius 1 is 0.857 bits per heavy atom. The van der Waals surface area contributed by atoms with E-state index in [9.17, 15) is 5.21 Å². The van der Waals surface area contributed by atoms with Gasteiger partial charge in [0.2, 0.25) is 5.69 Å². The fraction of sp³-hybridized carbons (Fsp3) is 0.105. The summed E-state index contributed by atoms with van der Waals surface area (Å²) in [6.07, 6.45) is 2.35. The van der Waals surface area contributed by atoms with Gasteiger partial charge in [-0.2, -0.15) is 4.73 Å². The highest BCUT2D eigenvalue weighted by atomic mass is 16.5. The van der Waals surface area contributed by atoms with E-state index in [1.54, 1.807) is 6.20 Å². The van der Waals surface area contributed by atoms with E-state index in [0.29, 0.717) is 0 Å². The van der Waals surface area contributed by atoms with Gasteiger partial charge < -0.3 is 5.21 Å². The first-order valence-electron chi connectivity index (χ1n) is 7.06. The van der Waals surface area contributed by atoms with Gasteiger partial charge >= 0.3 is 0 Å². The Morgan fingerprint density at radius 3 is 2.14 bits per heavy atom. The highest BCUT2D eigenvalue weighted by Crippen LogP contribution is 2.24. The topological polar surface area (TPSA) is 26.9 Å². The molecule has 1 heterocycles. The van der Waals surface area contributed by atoms with Crippen molar-refractivity contribution in [2.24, 2.45) is 0 Å². The van der Waals surface area contributed by atoms with Gasteiger partial charge in [-0.05, 0) is 30.2 Å². The Morgan fingerprint density at radius 2 is 1.48 bits per heavy atom. The lowest BCUT2D eigenvalue weighted by molar-refractivity contribution is -0.594. The Bertz CT molecular complexity index is 736. The number of aryl methyl sites for hydroxylation is 1. The minimum atomic E-state index is 0.749. The van der Waals surface area contributed by atoms with E-state index < -0.39 is 0 Å². The summed E-state index contributed by atoms with van der Waals surface area (Å²) in [5, 5.41) is 12.3. The number of aromatic nitrogens is 1. The molecule has 0 aliphatic rings. The summed E-state index contributed by atoms with van der Waals surface area (Å²) >= 11 is 0. The third-order valence-corrected chi connectivity index (χ3v) is 3.71. The smallest absolute Gasteiger partial charge is 0.227 e. The van der Waals surface area contributed by atoms with Crippen molar-refractivity contribution >= 4 is 0 Å². The second-order valence-electron chi connectivity index (χ2n) is 5.18. The zero-order valence-corrected chi connectivity index (χ0v) is 12.0. The zero-order valence-electron chi connectivity index (χ0n) is 12.0. The average molecular weight is 275 g/mol. The molecule has 0 aliphatic carbocycles. The van der Waals surface area contributed by atoms with E-state index >= 15 is 0 Å². The molecule has 0 radical (unpaired) electrons. The lowest BCUT2D eigenvalue weighted by Gasteiger charge is -2.13. The Balaban J connectivity index is 2.13. The number of hydrogen-bond donors (Lipinski definition) is 0. The normalized spacial score (nSPS) is 10.5. The lowest BCUT2D eigenvalue weighted by Crippen LogP contribution is -2.30. The van der Waals surface area contributed by atoms with Crippen molar-refractivity contribution in [1.29, 1.82) is 0 Å². The molecule has 0 N–H and O–H groups in total. The van der Waals surface area contributed by atoms with Crippen LogP contribution < -0.4 is 4.73 Å². The van der Waals surface area contributed by atoms with Crippen LogP contribution in [0.25, 0.3) is 11.3 Å². The summed E-state index contributed by atoms with van der Waals surface area (Å²) in [7, 11) is 0. The van der Waals surface area contributed by atoms with Gasteiger partial charge in [0, 0.05) is 23.6 Å². The summed E-state index contributed by atoms with van der Waals surface area (Å²) < 4.78 is 0.973. The quantitative estimate of drug-likeness (QED) is 0.526. The highest BCUT2D eigenvalue weighted by Gasteiger charge is 2.17. The molecule has 0 unspecified atom stereocenters. The van der Waals surface area contributed by atoms with E-state index in [0.717, 1.165) is 33.5 Å². The van der Waals surface area contributed by atoms with Gasteiger partial charge in [0.15, 0.2) is 6.20 Å². The van der Waals surface area contributed by atoms with Crippen molar-refractivity contribution in [1.82, 2.24) is 0 Å². The van der Waals surface area contributed by atoms with Crippen LogP contribution in [0.1, 0.15) is 16.7 Å². The number of hydrogen-bond acceptors (Lipinski definition) is 1. The molecule has 0 amide bonds. The van der Waals surface area contributed by atoms with Crippen molar-refractivity contribution in [3.8, 4) is 11.3 Å². The molecule has 0 fully saturated rings. The number of nitrogens with zero attached hydrogens (tertiary/aromatic N) is 1. The second kappa shape index (κ2) is 5.80. The molecule has 0 saturated heterocycles. The first-order valence-corrected chi connectivity index (χ1v) is 7.06. The molecule has 2 nitrogen and oxygen atoms in total. The number of rotatable bonds is 3. The summed E-state index contributed by atoms with van der Waals surface area (Å²) in [4.78, 5) is 0. The van der Waals surface area contributed by atoms with Gasteiger partial charge in [0.05, 0.1) is 0 Å². The molecule has 2 aromatic carbocycles. The Labute approximate surface area is 124 Å². The molecule has 2 heteroatoms. The maximum Gasteiger partial charge on any atom is 0.227 e. The molecule has 0 saturated carbocycles. The standard InChI is InChI=1S/C19H17NO/c1-15-12-13-20(21)19(17-10-6-3-7-11-17)18(15)14-16-8-4-2-5-9-16/h2-13H,14H2,1H3. The van der Waals surface area contributed by atoms with Crippen LogP contribution in [-0.2, 0) is 6.42 Å². The predicted octanol–water partition coefficient (Wildman–Crippen LogP) is 3.89. The van der Waals surface area contributed by atoms with Crippen LogP contribution >= 0.6 is 0 Å². The van der Waals surface area contributed by atoms with Crippen LogP contribution in [0.3, 0.4) is 0 Å².